The number of urea groups is 1. The van der Waals surface area contributed by atoms with Crippen LogP contribution in [-0.2, 0) is 6.54 Å². The van der Waals surface area contributed by atoms with Gasteiger partial charge in [0.05, 0.1) is 36.8 Å². The highest BCUT2D eigenvalue weighted by atomic mass is 16.5. The number of rotatable bonds is 4. The molecule has 0 saturated carbocycles. The molecule has 1 atom stereocenters. The average molecular weight is 504 g/mol. The third-order valence-electron chi connectivity index (χ3n) is 7.08. The molecule has 1 aliphatic heterocycles. The summed E-state index contributed by atoms with van der Waals surface area (Å²) in [5.74, 6) is 1.69. The Bertz CT molecular complexity index is 1580. The third kappa shape index (κ3) is 4.12. The summed E-state index contributed by atoms with van der Waals surface area (Å²) in [6.45, 7) is 4.48. The van der Waals surface area contributed by atoms with E-state index in [9.17, 15) is 4.79 Å². The van der Waals surface area contributed by atoms with E-state index in [4.69, 9.17) is 9.84 Å². The third-order valence-corrected chi connectivity index (χ3v) is 7.08. The lowest BCUT2D eigenvalue weighted by atomic mass is 10.0. The molecule has 190 valence electrons. The van der Waals surface area contributed by atoms with Crippen molar-refractivity contribution in [3.05, 3.63) is 125 Å². The predicted octanol–water partition coefficient (Wildman–Crippen LogP) is 6.43. The second kappa shape index (κ2) is 9.59. The SMILES string of the molecule is COc1ccc(NC(=O)N2Cc3c(C)nn(-c4ccccc4)c3-n3cccc3[C@H]2c2ccc(C)cc2)cc1. The van der Waals surface area contributed by atoms with Crippen molar-refractivity contribution in [2.75, 3.05) is 12.4 Å². The summed E-state index contributed by atoms with van der Waals surface area (Å²) in [5, 5.41) is 8.02. The number of nitrogens with zero attached hydrogens (tertiary/aromatic N) is 4. The van der Waals surface area contributed by atoms with E-state index in [1.807, 2.05) is 77.2 Å². The first kappa shape index (κ1) is 23.6. The monoisotopic (exact) mass is 503 g/mol. The lowest BCUT2D eigenvalue weighted by Gasteiger charge is -2.31. The zero-order valence-corrected chi connectivity index (χ0v) is 21.6. The van der Waals surface area contributed by atoms with Gasteiger partial charge in [-0.25, -0.2) is 9.48 Å². The van der Waals surface area contributed by atoms with Gasteiger partial charge in [0.25, 0.3) is 0 Å². The maximum Gasteiger partial charge on any atom is 0.322 e. The Kier molecular flexibility index (Phi) is 5.96. The largest absolute Gasteiger partial charge is 0.497 e. The van der Waals surface area contributed by atoms with Crippen molar-refractivity contribution < 1.29 is 9.53 Å². The lowest BCUT2D eigenvalue weighted by Crippen LogP contribution is -2.38. The number of ether oxygens (including phenoxy) is 1. The van der Waals surface area contributed by atoms with Gasteiger partial charge in [-0.3, -0.25) is 0 Å². The summed E-state index contributed by atoms with van der Waals surface area (Å²) in [5.41, 5.74) is 6.78. The highest BCUT2D eigenvalue weighted by Gasteiger charge is 2.36. The van der Waals surface area contributed by atoms with Crippen LogP contribution in [-0.4, -0.2) is 32.4 Å². The number of methoxy groups -OCH3 is 1. The molecule has 38 heavy (non-hydrogen) atoms. The van der Waals surface area contributed by atoms with Gasteiger partial charge in [0, 0.05) is 17.4 Å². The van der Waals surface area contributed by atoms with Gasteiger partial charge in [-0.2, -0.15) is 5.10 Å². The topological polar surface area (TPSA) is 64.3 Å². The number of carbonyl (C=O) groups is 1. The Morgan fingerprint density at radius 1 is 0.921 bits per heavy atom. The van der Waals surface area contributed by atoms with Crippen molar-refractivity contribution in [2.24, 2.45) is 0 Å². The Balaban J connectivity index is 1.50. The van der Waals surface area contributed by atoms with Gasteiger partial charge in [-0.15, -0.1) is 0 Å². The number of benzene rings is 3. The van der Waals surface area contributed by atoms with Gasteiger partial charge in [0.15, 0.2) is 0 Å². The highest BCUT2D eigenvalue weighted by molar-refractivity contribution is 5.90. The van der Waals surface area contributed by atoms with E-state index in [2.05, 4.69) is 53.3 Å². The molecule has 0 spiro atoms. The molecule has 0 saturated heterocycles. The van der Waals surface area contributed by atoms with Crippen molar-refractivity contribution in [1.29, 1.82) is 0 Å². The van der Waals surface area contributed by atoms with E-state index in [0.717, 1.165) is 39.8 Å². The number of amides is 2. The number of carbonyl (C=O) groups excluding carboxylic acids is 1. The Labute approximate surface area is 221 Å². The molecule has 0 unspecified atom stereocenters. The number of anilines is 1. The molecule has 7 nitrogen and oxygen atoms in total. The van der Waals surface area contributed by atoms with Gasteiger partial charge in [-0.05, 0) is 67.9 Å². The zero-order valence-electron chi connectivity index (χ0n) is 21.6. The van der Waals surface area contributed by atoms with Crippen LogP contribution >= 0.6 is 0 Å². The molecule has 6 rings (SSSR count). The van der Waals surface area contributed by atoms with Gasteiger partial charge < -0.3 is 19.5 Å². The number of hydrogen-bond acceptors (Lipinski definition) is 3. The maximum atomic E-state index is 14.0. The molecule has 0 bridgehead atoms. The molecule has 5 aromatic rings. The number of aromatic nitrogens is 3. The average Bonchev–Trinajstić information content (AvgIpc) is 3.50. The quantitative estimate of drug-likeness (QED) is 0.308. The molecule has 3 heterocycles. The van der Waals surface area contributed by atoms with Crippen molar-refractivity contribution in [2.45, 2.75) is 26.4 Å². The molecule has 0 fully saturated rings. The van der Waals surface area contributed by atoms with Gasteiger partial charge in [0.1, 0.15) is 11.6 Å². The van der Waals surface area contributed by atoms with Crippen LogP contribution in [0.2, 0.25) is 0 Å². The van der Waals surface area contributed by atoms with E-state index in [1.165, 1.54) is 5.56 Å². The highest BCUT2D eigenvalue weighted by Crippen LogP contribution is 2.38. The van der Waals surface area contributed by atoms with Crippen molar-refractivity contribution >= 4 is 11.7 Å². The molecule has 2 aromatic heterocycles. The second-order valence-electron chi connectivity index (χ2n) is 9.54. The summed E-state index contributed by atoms with van der Waals surface area (Å²) in [6.07, 6.45) is 2.06. The maximum absolute atomic E-state index is 14.0. The number of para-hydroxylation sites is 1. The van der Waals surface area contributed by atoms with Crippen molar-refractivity contribution in [3.63, 3.8) is 0 Å². The summed E-state index contributed by atoms with van der Waals surface area (Å²) in [7, 11) is 1.63. The fraction of sp³-hybridized carbons (Fsp3) is 0.161. The zero-order chi connectivity index (χ0) is 26.2. The number of aryl methyl sites for hydroxylation is 2. The normalized spacial score (nSPS) is 14.4. The van der Waals surface area contributed by atoms with E-state index in [-0.39, 0.29) is 12.1 Å². The molecule has 1 N–H and O–H groups in total. The van der Waals surface area contributed by atoms with Crippen LogP contribution in [0.1, 0.15) is 34.1 Å². The minimum atomic E-state index is -0.306. The molecule has 0 radical (unpaired) electrons. The molecular formula is C31H29N5O2. The van der Waals surface area contributed by atoms with E-state index < -0.39 is 0 Å². The van der Waals surface area contributed by atoms with Crippen LogP contribution in [0.3, 0.4) is 0 Å². The lowest BCUT2D eigenvalue weighted by molar-refractivity contribution is 0.194. The minimum Gasteiger partial charge on any atom is -0.497 e. The Hall–Kier alpha value is -4.78. The first-order valence-corrected chi connectivity index (χ1v) is 12.6. The van der Waals surface area contributed by atoms with Crippen LogP contribution in [0.5, 0.6) is 5.75 Å². The number of nitrogens with one attached hydrogen (secondary N) is 1. The fourth-order valence-corrected chi connectivity index (χ4v) is 5.12. The molecule has 3 aromatic carbocycles. The minimum absolute atomic E-state index is 0.187. The Morgan fingerprint density at radius 2 is 1.66 bits per heavy atom. The van der Waals surface area contributed by atoms with Crippen LogP contribution in [0.4, 0.5) is 10.5 Å². The Morgan fingerprint density at radius 3 is 2.37 bits per heavy atom. The first-order chi connectivity index (χ1) is 18.5. The van der Waals surface area contributed by atoms with Crippen LogP contribution in [0.25, 0.3) is 11.5 Å². The summed E-state index contributed by atoms with van der Waals surface area (Å²) in [6, 6.07) is 29.5. The number of hydrogen-bond donors (Lipinski definition) is 1. The molecule has 2 amide bonds. The summed E-state index contributed by atoms with van der Waals surface area (Å²) in [4.78, 5) is 15.9. The van der Waals surface area contributed by atoms with E-state index in [0.29, 0.717) is 12.2 Å². The fourth-order valence-electron chi connectivity index (χ4n) is 5.12. The number of fused-ring (bicyclic) bond motifs is 3. The van der Waals surface area contributed by atoms with Crippen LogP contribution < -0.4 is 10.1 Å². The smallest absolute Gasteiger partial charge is 0.322 e. The van der Waals surface area contributed by atoms with Crippen molar-refractivity contribution in [1.82, 2.24) is 19.2 Å². The van der Waals surface area contributed by atoms with Crippen molar-refractivity contribution in [3.8, 4) is 17.3 Å². The van der Waals surface area contributed by atoms with Gasteiger partial charge in [-0.1, -0.05) is 48.0 Å². The summed E-state index contributed by atoms with van der Waals surface area (Å²) < 4.78 is 9.43. The summed E-state index contributed by atoms with van der Waals surface area (Å²) >= 11 is 0. The molecular weight excluding hydrogens is 474 g/mol. The van der Waals surface area contributed by atoms with E-state index >= 15 is 0 Å². The van der Waals surface area contributed by atoms with Crippen LogP contribution in [0, 0.1) is 13.8 Å². The van der Waals surface area contributed by atoms with E-state index in [1.54, 1.807) is 7.11 Å². The second-order valence-corrected chi connectivity index (χ2v) is 9.54. The van der Waals surface area contributed by atoms with Crippen LogP contribution in [0.15, 0.2) is 97.2 Å². The predicted molar refractivity (Wildman–Crippen MR) is 148 cm³/mol. The standard InChI is InChI=1S/C31H29N5O2/c1-21-11-13-23(14-12-21)29-28-10-7-19-34(28)30-27(22(2)33-36(30)25-8-5-4-6-9-25)20-35(29)31(37)32-24-15-17-26(38-3)18-16-24/h4-19,29H,20H2,1-3H3,(H,32,37)/t29-/m1/s1. The first-order valence-electron chi connectivity index (χ1n) is 12.6. The van der Waals surface area contributed by atoms with Gasteiger partial charge in [0.2, 0.25) is 0 Å². The molecule has 1 aliphatic rings. The molecule has 0 aliphatic carbocycles. The molecule has 7 heteroatoms. The van der Waals surface area contributed by atoms with Gasteiger partial charge >= 0.3 is 6.03 Å².